The summed E-state index contributed by atoms with van der Waals surface area (Å²) in [6.45, 7) is 3.50. The molecule has 0 fully saturated rings. The van der Waals surface area contributed by atoms with Gasteiger partial charge in [0.2, 0.25) is 5.88 Å². The van der Waals surface area contributed by atoms with Crippen LogP contribution in [-0.2, 0) is 0 Å². The van der Waals surface area contributed by atoms with Gasteiger partial charge in [-0.15, -0.1) is 0 Å². The quantitative estimate of drug-likeness (QED) is 0.884. The number of nitrogens with two attached hydrogens (primary N) is 1. The summed E-state index contributed by atoms with van der Waals surface area (Å²) in [5, 5.41) is 9.62. The summed E-state index contributed by atoms with van der Waals surface area (Å²) < 4.78 is 5.59. The lowest BCUT2D eigenvalue weighted by Gasteiger charge is -2.11. The Balaban J connectivity index is 2.45. The van der Waals surface area contributed by atoms with Crippen molar-refractivity contribution in [1.29, 1.82) is 0 Å². The first-order valence-corrected chi connectivity index (χ1v) is 5.73. The molecule has 0 saturated carbocycles. The van der Waals surface area contributed by atoms with Crippen LogP contribution in [0.15, 0.2) is 30.3 Å². The maximum Gasteiger partial charge on any atom is 0.254 e. The number of phenolic OH excluding ortho intramolecular Hbond substituents is 1. The van der Waals surface area contributed by atoms with Gasteiger partial charge in [0.15, 0.2) is 0 Å². The predicted octanol–water partition coefficient (Wildman–Crippen LogP) is 2.30. The Morgan fingerprint density at radius 1 is 1.26 bits per heavy atom. The third-order valence-corrected chi connectivity index (χ3v) is 2.73. The Hall–Kier alpha value is -2.56. The second kappa shape index (κ2) is 4.97. The molecular formula is C14H14N2O3. The molecule has 0 aliphatic heterocycles. The van der Waals surface area contributed by atoms with E-state index in [-0.39, 0.29) is 17.2 Å². The van der Waals surface area contributed by atoms with Crippen LogP contribution in [0.1, 0.15) is 21.6 Å². The molecule has 0 atom stereocenters. The second-order valence-electron chi connectivity index (χ2n) is 4.17. The lowest BCUT2D eigenvalue weighted by atomic mass is 10.2. The van der Waals surface area contributed by atoms with Crippen LogP contribution in [0.25, 0.3) is 0 Å². The van der Waals surface area contributed by atoms with Crippen molar-refractivity contribution in [2.45, 2.75) is 13.8 Å². The van der Waals surface area contributed by atoms with Crippen molar-refractivity contribution in [3.05, 3.63) is 47.2 Å². The molecule has 2 rings (SSSR count). The summed E-state index contributed by atoms with van der Waals surface area (Å²) in [5.74, 6) is 0.0767. The molecule has 98 valence electrons. The van der Waals surface area contributed by atoms with Gasteiger partial charge in [-0.3, -0.25) is 4.79 Å². The van der Waals surface area contributed by atoms with Gasteiger partial charge < -0.3 is 15.6 Å². The van der Waals surface area contributed by atoms with Gasteiger partial charge in [0.1, 0.15) is 17.1 Å². The third kappa shape index (κ3) is 2.65. The number of aromatic hydroxyl groups is 1. The fourth-order valence-electron chi connectivity index (χ4n) is 1.62. The maximum absolute atomic E-state index is 11.3. The van der Waals surface area contributed by atoms with E-state index in [0.717, 1.165) is 0 Å². The van der Waals surface area contributed by atoms with E-state index in [0.29, 0.717) is 17.0 Å². The molecule has 2 aromatic rings. The van der Waals surface area contributed by atoms with Gasteiger partial charge in [-0.2, -0.15) is 0 Å². The molecule has 19 heavy (non-hydrogen) atoms. The van der Waals surface area contributed by atoms with E-state index in [1.165, 1.54) is 0 Å². The van der Waals surface area contributed by atoms with Crippen LogP contribution in [0.5, 0.6) is 17.4 Å². The minimum absolute atomic E-state index is 0.116. The number of nitrogens with zero attached hydrogens (tertiary/aromatic N) is 1. The van der Waals surface area contributed by atoms with Crippen molar-refractivity contribution in [3.63, 3.8) is 0 Å². The van der Waals surface area contributed by atoms with Crippen molar-refractivity contribution >= 4 is 5.91 Å². The zero-order valence-corrected chi connectivity index (χ0v) is 10.7. The van der Waals surface area contributed by atoms with E-state index in [1.807, 2.05) is 0 Å². The normalized spacial score (nSPS) is 10.2. The molecule has 1 amide bonds. The number of pyridine rings is 1. The number of amides is 1. The highest BCUT2D eigenvalue weighted by Gasteiger charge is 2.14. The van der Waals surface area contributed by atoms with Crippen molar-refractivity contribution < 1.29 is 14.6 Å². The van der Waals surface area contributed by atoms with E-state index in [1.54, 1.807) is 44.2 Å². The molecule has 0 aliphatic carbocycles. The number of carbonyl (C=O) groups excluding carboxylic acids is 1. The highest BCUT2D eigenvalue weighted by molar-refractivity contribution is 5.95. The Morgan fingerprint density at radius 3 is 2.68 bits per heavy atom. The largest absolute Gasteiger partial charge is 0.508 e. The molecule has 1 heterocycles. The molecule has 0 unspecified atom stereocenters. The van der Waals surface area contributed by atoms with Crippen molar-refractivity contribution in [2.24, 2.45) is 5.73 Å². The molecule has 0 radical (unpaired) electrons. The molecule has 3 N–H and O–H groups in total. The zero-order chi connectivity index (χ0) is 14.0. The monoisotopic (exact) mass is 258 g/mol. The van der Waals surface area contributed by atoms with Gasteiger partial charge in [-0.1, -0.05) is 6.07 Å². The van der Waals surface area contributed by atoms with Crippen LogP contribution in [0.2, 0.25) is 0 Å². The van der Waals surface area contributed by atoms with Gasteiger partial charge in [0, 0.05) is 11.3 Å². The molecule has 1 aromatic heterocycles. The second-order valence-corrected chi connectivity index (χ2v) is 4.17. The number of hydrogen-bond donors (Lipinski definition) is 2. The van der Waals surface area contributed by atoms with Crippen LogP contribution in [0.4, 0.5) is 0 Å². The summed E-state index contributed by atoms with van der Waals surface area (Å²) in [5.41, 5.74) is 6.76. The SMILES string of the molecule is Cc1ccc(C(N)=O)c(Oc2cccc(O)c2C)n1. The topological polar surface area (TPSA) is 85.4 Å². The highest BCUT2D eigenvalue weighted by Crippen LogP contribution is 2.30. The fourth-order valence-corrected chi connectivity index (χ4v) is 1.62. The minimum Gasteiger partial charge on any atom is -0.508 e. The molecule has 0 saturated heterocycles. The highest BCUT2D eigenvalue weighted by atomic mass is 16.5. The molecule has 0 aliphatic rings. The number of rotatable bonds is 3. The molecule has 0 spiro atoms. The van der Waals surface area contributed by atoms with Gasteiger partial charge in [-0.25, -0.2) is 4.98 Å². The number of ether oxygens (including phenoxy) is 1. The Kier molecular flexibility index (Phi) is 3.37. The number of aromatic nitrogens is 1. The van der Waals surface area contributed by atoms with Gasteiger partial charge in [0.25, 0.3) is 5.91 Å². The molecule has 1 aromatic carbocycles. The number of carbonyl (C=O) groups is 1. The summed E-state index contributed by atoms with van der Waals surface area (Å²) in [4.78, 5) is 15.5. The Bertz CT molecular complexity index is 639. The van der Waals surface area contributed by atoms with Crippen molar-refractivity contribution in [3.8, 4) is 17.4 Å². The van der Waals surface area contributed by atoms with Crippen LogP contribution in [0.3, 0.4) is 0 Å². The predicted molar refractivity (Wildman–Crippen MR) is 70.4 cm³/mol. The zero-order valence-electron chi connectivity index (χ0n) is 10.7. The van der Waals surface area contributed by atoms with Crippen molar-refractivity contribution in [2.75, 3.05) is 0 Å². The number of primary amides is 1. The molecule has 0 bridgehead atoms. The van der Waals surface area contributed by atoms with Crippen LogP contribution < -0.4 is 10.5 Å². The van der Waals surface area contributed by atoms with Gasteiger partial charge in [-0.05, 0) is 38.1 Å². The Labute approximate surface area is 110 Å². The van der Waals surface area contributed by atoms with E-state index in [4.69, 9.17) is 10.5 Å². The standard InChI is InChI=1S/C14H14N2O3/c1-8-6-7-10(13(15)18)14(16-8)19-12-5-3-4-11(17)9(12)2/h3-7,17H,1-2H3,(H2,15,18). The Morgan fingerprint density at radius 2 is 2.00 bits per heavy atom. The maximum atomic E-state index is 11.3. The summed E-state index contributed by atoms with van der Waals surface area (Å²) in [6, 6.07) is 8.14. The first-order valence-electron chi connectivity index (χ1n) is 5.73. The first kappa shape index (κ1) is 12.9. The first-order chi connectivity index (χ1) is 8.99. The average Bonchev–Trinajstić information content (AvgIpc) is 2.35. The van der Waals surface area contributed by atoms with E-state index < -0.39 is 5.91 Å². The minimum atomic E-state index is -0.611. The summed E-state index contributed by atoms with van der Waals surface area (Å²) >= 11 is 0. The van der Waals surface area contributed by atoms with E-state index in [2.05, 4.69) is 4.98 Å². The van der Waals surface area contributed by atoms with Gasteiger partial charge in [0.05, 0.1) is 0 Å². The van der Waals surface area contributed by atoms with Crippen LogP contribution in [0, 0.1) is 13.8 Å². The lowest BCUT2D eigenvalue weighted by Crippen LogP contribution is -2.13. The number of phenols is 1. The third-order valence-electron chi connectivity index (χ3n) is 2.73. The average molecular weight is 258 g/mol. The molecule has 5 heteroatoms. The lowest BCUT2D eigenvalue weighted by molar-refractivity contribution is 0.0997. The number of aryl methyl sites for hydroxylation is 1. The number of benzene rings is 1. The molecule has 5 nitrogen and oxygen atoms in total. The van der Waals surface area contributed by atoms with E-state index in [9.17, 15) is 9.90 Å². The van der Waals surface area contributed by atoms with Gasteiger partial charge >= 0.3 is 0 Å². The summed E-state index contributed by atoms with van der Waals surface area (Å²) in [7, 11) is 0. The smallest absolute Gasteiger partial charge is 0.254 e. The van der Waals surface area contributed by atoms with Crippen LogP contribution in [-0.4, -0.2) is 16.0 Å². The fraction of sp³-hybridized carbons (Fsp3) is 0.143. The van der Waals surface area contributed by atoms with Crippen LogP contribution >= 0.6 is 0 Å². The summed E-state index contributed by atoms with van der Waals surface area (Å²) in [6.07, 6.45) is 0. The molecular weight excluding hydrogens is 244 g/mol. The van der Waals surface area contributed by atoms with Crippen molar-refractivity contribution in [1.82, 2.24) is 4.98 Å². The van der Waals surface area contributed by atoms with E-state index >= 15 is 0 Å². The number of hydrogen-bond acceptors (Lipinski definition) is 4.